The lowest BCUT2D eigenvalue weighted by molar-refractivity contribution is -0.145. The van der Waals surface area contributed by atoms with Crippen LogP contribution in [0.1, 0.15) is 44.9 Å². The molecule has 2 aromatic rings. The number of benzene rings is 1. The van der Waals surface area contributed by atoms with E-state index in [9.17, 15) is 9.59 Å². The van der Waals surface area contributed by atoms with Crippen molar-refractivity contribution in [2.24, 2.45) is 28.9 Å². The van der Waals surface area contributed by atoms with Gasteiger partial charge in [-0.3, -0.25) is 14.6 Å². The minimum Gasteiger partial charge on any atom is -0.381 e. The molecule has 4 aliphatic carbocycles. The Labute approximate surface area is 259 Å². The maximum Gasteiger partial charge on any atom is 0.322 e. The fourth-order valence-corrected chi connectivity index (χ4v) is 9.71. The van der Waals surface area contributed by atoms with Gasteiger partial charge in [0.15, 0.2) is 0 Å². The number of urea groups is 1. The van der Waals surface area contributed by atoms with Crippen molar-refractivity contribution >= 4 is 34.8 Å². The molecule has 2 saturated heterocycles. The summed E-state index contributed by atoms with van der Waals surface area (Å²) < 4.78 is 5.56. The minimum atomic E-state index is -0.350. The van der Waals surface area contributed by atoms with Gasteiger partial charge in [0.2, 0.25) is 5.91 Å². The SMILES string of the molecule is NC(=O)C12CC3CC(C1)C(NC(=O)N1CCN(c4ccc(N5CCN(C6CCOCC6)CC5)cn4)c4ccccc41)C(C3)C2. The summed E-state index contributed by atoms with van der Waals surface area (Å²) in [6.45, 7) is 7.22. The Kier molecular flexibility index (Phi) is 7.17. The number of nitrogens with zero attached hydrogens (tertiary/aromatic N) is 5. The molecule has 2 atom stereocenters. The molecule has 1 aromatic heterocycles. The van der Waals surface area contributed by atoms with E-state index in [2.05, 4.69) is 38.2 Å². The van der Waals surface area contributed by atoms with E-state index >= 15 is 0 Å². The van der Waals surface area contributed by atoms with Gasteiger partial charge in [0.05, 0.1) is 23.3 Å². The highest BCUT2D eigenvalue weighted by Gasteiger charge is 2.58. The molecule has 3 N–H and O–H groups in total. The van der Waals surface area contributed by atoms with Gasteiger partial charge < -0.3 is 25.6 Å². The van der Waals surface area contributed by atoms with Crippen LogP contribution in [0, 0.1) is 23.2 Å². The molecule has 4 bridgehead atoms. The van der Waals surface area contributed by atoms with Crippen LogP contribution >= 0.6 is 0 Å². The second kappa shape index (κ2) is 11.2. The molecule has 4 heterocycles. The summed E-state index contributed by atoms with van der Waals surface area (Å²) in [5.41, 5.74) is 8.62. The van der Waals surface area contributed by atoms with Crippen LogP contribution < -0.4 is 25.8 Å². The summed E-state index contributed by atoms with van der Waals surface area (Å²) in [5.74, 6) is 2.00. The van der Waals surface area contributed by atoms with Crippen LogP contribution in [0.25, 0.3) is 0 Å². The van der Waals surface area contributed by atoms with Crippen molar-refractivity contribution in [3.8, 4) is 0 Å². The summed E-state index contributed by atoms with van der Waals surface area (Å²) in [6.07, 6.45) is 9.05. The summed E-state index contributed by atoms with van der Waals surface area (Å²) in [6, 6.07) is 13.2. The molecular weight excluding hydrogens is 554 g/mol. The third-order valence-corrected chi connectivity index (χ3v) is 11.7. The second-order valence-corrected chi connectivity index (χ2v) is 14.1. The summed E-state index contributed by atoms with van der Waals surface area (Å²) in [4.78, 5) is 40.3. The van der Waals surface area contributed by atoms with Crippen LogP contribution in [0.4, 0.5) is 27.7 Å². The Balaban J connectivity index is 0.933. The number of nitrogens with one attached hydrogen (secondary N) is 1. The number of rotatable bonds is 5. The van der Waals surface area contributed by atoms with Crippen LogP contribution in [0.2, 0.25) is 0 Å². The number of anilines is 4. The zero-order valence-corrected chi connectivity index (χ0v) is 25.6. The molecule has 3 amide bonds. The molecular formula is C34H45N7O3. The molecule has 44 heavy (non-hydrogen) atoms. The van der Waals surface area contributed by atoms with Crippen molar-refractivity contribution < 1.29 is 14.3 Å². The number of fused-ring (bicyclic) bond motifs is 1. The van der Waals surface area contributed by atoms with E-state index in [1.807, 2.05) is 29.3 Å². The molecule has 3 aliphatic heterocycles. The first-order chi connectivity index (χ1) is 21.5. The van der Waals surface area contributed by atoms with E-state index in [4.69, 9.17) is 15.5 Å². The zero-order chi connectivity index (χ0) is 29.8. The lowest BCUT2D eigenvalue weighted by Gasteiger charge is -2.59. The van der Waals surface area contributed by atoms with Crippen LogP contribution in [-0.4, -0.2) is 86.4 Å². The molecule has 10 nitrogen and oxygen atoms in total. The van der Waals surface area contributed by atoms with E-state index in [0.717, 1.165) is 102 Å². The third kappa shape index (κ3) is 4.90. The van der Waals surface area contributed by atoms with E-state index in [-0.39, 0.29) is 23.4 Å². The highest BCUT2D eigenvalue weighted by atomic mass is 16.5. The smallest absolute Gasteiger partial charge is 0.322 e. The van der Waals surface area contributed by atoms with Crippen LogP contribution in [0.3, 0.4) is 0 Å². The van der Waals surface area contributed by atoms with Gasteiger partial charge in [-0.15, -0.1) is 0 Å². The van der Waals surface area contributed by atoms with Gasteiger partial charge in [0.1, 0.15) is 5.82 Å². The van der Waals surface area contributed by atoms with E-state index < -0.39 is 0 Å². The lowest BCUT2D eigenvalue weighted by atomic mass is 9.47. The maximum atomic E-state index is 13.8. The lowest BCUT2D eigenvalue weighted by Crippen LogP contribution is -2.63. The maximum absolute atomic E-state index is 13.8. The van der Waals surface area contributed by atoms with Crippen molar-refractivity contribution in [2.45, 2.75) is 57.0 Å². The number of carbonyl (C=O) groups excluding carboxylic acids is 2. The number of carbonyl (C=O) groups is 2. The summed E-state index contributed by atoms with van der Waals surface area (Å²) in [5, 5.41) is 3.44. The largest absolute Gasteiger partial charge is 0.381 e. The second-order valence-electron chi connectivity index (χ2n) is 14.1. The summed E-state index contributed by atoms with van der Waals surface area (Å²) in [7, 11) is 0. The number of nitrogens with two attached hydrogens (primary N) is 1. The Hall–Kier alpha value is -3.37. The Morgan fingerprint density at radius 3 is 2.30 bits per heavy atom. The molecule has 0 spiro atoms. The van der Waals surface area contributed by atoms with Gasteiger partial charge in [0, 0.05) is 70.0 Å². The first-order valence-electron chi connectivity index (χ1n) is 16.7. The minimum absolute atomic E-state index is 0.0362. The number of hydrogen-bond donors (Lipinski definition) is 2. The monoisotopic (exact) mass is 599 g/mol. The Morgan fingerprint density at radius 2 is 1.61 bits per heavy atom. The van der Waals surface area contributed by atoms with Gasteiger partial charge in [0.25, 0.3) is 0 Å². The number of primary amides is 1. The van der Waals surface area contributed by atoms with E-state index in [0.29, 0.717) is 36.9 Å². The van der Waals surface area contributed by atoms with Crippen molar-refractivity contribution in [2.75, 3.05) is 67.2 Å². The van der Waals surface area contributed by atoms with Gasteiger partial charge in [-0.05, 0) is 87.0 Å². The molecule has 0 radical (unpaired) electrons. The number of pyridine rings is 1. The number of hydrogen-bond acceptors (Lipinski definition) is 7. The fourth-order valence-electron chi connectivity index (χ4n) is 9.71. The molecule has 234 valence electrons. The predicted molar refractivity (Wildman–Crippen MR) is 170 cm³/mol. The number of para-hydroxylation sites is 2. The highest BCUT2D eigenvalue weighted by molar-refractivity contribution is 5.98. The number of ether oxygens (including phenoxy) is 1. The molecule has 1 aromatic carbocycles. The van der Waals surface area contributed by atoms with Crippen LogP contribution in [-0.2, 0) is 9.53 Å². The number of piperazine rings is 1. The normalized spacial score (nSPS) is 32.0. The average Bonchev–Trinajstić information content (AvgIpc) is 3.06. The van der Waals surface area contributed by atoms with Crippen LogP contribution in [0.5, 0.6) is 0 Å². The van der Waals surface area contributed by atoms with Gasteiger partial charge >= 0.3 is 6.03 Å². The Bertz CT molecular complexity index is 1370. The zero-order valence-electron chi connectivity index (χ0n) is 25.6. The van der Waals surface area contributed by atoms with Gasteiger partial charge in [-0.2, -0.15) is 0 Å². The predicted octanol–water partition coefficient (Wildman–Crippen LogP) is 3.73. The highest BCUT2D eigenvalue weighted by Crippen LogP contribution is 2.60. The van der Waals surface area contributed by atoms with Crippen molar-refractivity contribution in [3.05, 3.63) is 42.6 Å². The number of amides is 3. The molecule has 9 rings (SSSR count). The van der Waals surface area contributed by atoms with Crippen molar-refractivity contribution in [1.29, 1.82) is 0 Å². The quantitative estimate of drug-likeness (QED) is 0.540. The van der Waals surface area contributed by atoms with Gasteiger partial charge in [-0.25, -0.2) is 9.78 Å². The van der Waals surface area contributed by atoms with Crippen molar-refractivity contribution in [1.82, 2.24) is 15.2 Å². The fraction of sp³-hybridized carbons (Fsp3) is 0.618. The molecule has 10 heteroatoms. The molecule has 2 unspecified atom stereocenters. The average molecular weight is 600 g/mol. The third-order valence-electron chi connectivity index (χ3n) is 11.7. The van der Waals surface area contributed by atoms with E-state index in [1.165, 1.54) is 5.69 Å². The molecule has 6 fully saturated rings. The molecule has 7 aliphatic rings. The summed E-state index contributed by atoms with van der Waals surface area (Å²) >= 11 is 0. The molecule has 4 saturated carbocycles. The standard InChI is InChI=1S/C34H45N7O3/c35-32(42)34-19-23-17-24(20-34)31(25(18-23)21-34)37-33(43)41-14-13-40(28-3-1-2-4-29(28)41)30-6-5-27(22-36-30)39-11-9-38(10-12-39)26-7-15-44-16-8-26/h1-6,22-26,31H,7-21H2,(H2,35,42)(H,37,43). The van der Waals surface area contributed by atoms with E-state index in [1.54, 1.807) is 0 Å². The first kappa shape index (κ1) is 28.1. The topological polar surface area (TPSA) is 107 Å². The van der Waals surface area contributed by atoms with Crippen LogP contribution in [0.15, 0.2) is 42.6 Å². The van der Waals surface area contributed by atoms with Gasteiger partial charge in [-0.1, -0.05) is 12.1 Å². The first-order valence-corrected chi connectivity index (χ1v) is 16.7. The van der Waals surface area contributed by atoms with Crippen molar-refractivity contribution in [3.63, 3.8) is 0 Å². The Morgan fingerprint density at radius 1 is 0.886 bits per heavy atom. The number of aromatic nitrogens is 1.